The van der Waals surface area contributed by atoms with Crippen molar-refractivity contribution in [2.75, 3.05) is 6.61 Å². The van der Waals surface area contributed by atoms with Gasteiger partial charge in [0.15, 0.2) is 5.78 Å². The molecule has 0 aliphatic rings. The molecule has 0 bridgehead atoms. The van der Waals surface area contributed by atoms with Crippen LogP contribution in [-0.2, 0) is 0 Å². The van der Waals surface area contributed by atoms with E-state index in [-0.39, 0.29) is 5.78 Å². The first kappa shape index (κ1) is 12.2. The van der Waals surface area contributed by atoms with Gasteiger partial charge in [-0.05, 0) is 44.2 Å². The molecule has 0 fully saturated rings. The fourth-order valence-electron chi connectivity index (χ4n) is 1.18. The normalized spacial score (nSPS) is 11.1. The Morgan fingerprint density at radius 3 is 2.50 bits per heavy atom. The van der Waals surface area contributed by atoms with Gasteiger partial charge in [-0.1, -0.05) is 18.2 Å². The number of hydrogen-bond donors (Lipinski definition) is 0. The molecule has 0 amide bonds. The highest BCUT2D eigenvalue weighted by Crippen LogP contribution is 2.12. The van der Waals surface area contributed by atoms with E-state index < -0.39 is 0 Å². The minimum absolute atomic E-state index is 0.0690. The van der Waals surface area contributed by atoms with Gasteiger partial charge in [0.05, 0.1) is 0 Å². The zero-order valence-electron chi connectivity index (χ0n) is 9.64. The first-order valence-electron chi connectivity index (χ1n) is 5.25. The standard InChI is InChI=1S/C14H16O2/c1-3-4-5-6-11-16-14-9-7-13(8-10-14)12(2)15/h3-10H,11H2,1-2H3/b4-3?,6-5+. The van der Waals surface area contributed by atoms with Crippen LogP contribution in [0, 0.1) is 0 Å². The van der Waals surface area contributed by atoms with Gasteiger partial charge in [0, 0.05) is 5.56 Å². The van der Waals surface area contributed by atoms with Crippen molar-refractivity contribution in [2.24, 2.45) is 0 Å². The van der Waals surface area contributed by atoms with Crippen molar-refractivity contribution in [3.63, 3.8) is 0 Å². The molecule has 16 heavy (non-hydrogen) atoms. The van der Waals surface area contributed by atoms with Gasteiger partial charge in [-0.15, -0.1) is 0 Å². The lowest BCUT2D eigenvalue weighted by molar-refractivity contribution is 0.101. The van der Waals surface area contributed by atoms with E-state index in [1.165, 1.54) is 0 Å². The Hall–Kier alpha value is -1.83. The third-order valence-electron chi connectivity index (χ3n) is 2.05. The van der Waals surface area contributed by atoms with Gasteiger partial charge in [0.1, 0.15) is 12.4 Å². The largest absolute Gasteiger partial charge is 0.490 e. The highest BCUT2D eigenvalue weighted by atomic mass is 16.5. The third-order valence-corrected chi connectivity index (χ3v) is 2.05. The minimum atomic E-state index is 0.0690. The summed E-state index contributed by atoms with van der Waals surface area (Å²) in [4.78, 5) is 11.0. The SMILES string of the molecule is CC=C/C=C/COc1ccc(C(C)=O)cc1. The van der Waals surface area contributed by atoms with Crippen molar-refractivity contribution in [1.29, 1.82) is 0 Å². The number of rotatable bonds is 5. The minimum Gasteiger partial charge on any atom is -0.490 e. The van der Waals surface area contributed by atoms with Crippen LogP contribution in [0.4, 0.5) is 0 Å². The number of carbonyl (C=O) groups excluding carboxylic acids is 1. The van der Waals surface area contributed by atoms with Crippen LogP contribution in [0.1, 0.15) is 24.2 Å². The van der Waals surface area contributed by atoms with Crippen LogP contribution >= 0.6 is 0 Å². The van der Waals surface area contributed by atoms with E-state index in [1.807, 2.05) is 31.2 Å². The third kappa shape index (κ3) is 4.13. The smallest absolute Gasteiger partial charge is 0.159 e. The summed E-state index contributed by atoms with van der Waals surface area (Å²) in [6.45, 7) is 4.05. The molecule has 0 radical (unpaired) electrons. The van der Waals surface area contributed by atoms with Gasteiger partial charge in [-0.2, -0.15) is 0 Å². The molecule has 0 aliphatic heterocycles. The van der Waals surface area contributed by atoms with E-state index in [0.29, 0.717) is 12.2 Å². The molecule has 0 spiro atoms. The van der Waals surface area contributed by atoms with Crippen molar-refractivity contribution < 1.29 is 9.53 Å². The second-order valence-electron chi connectivity index (χ2n) is 3.35. The van der Waals surface area contributed by atoms with E-state index in [9.17, 15) is 4.79 Å². The van der Waals surface area contributed by atoms with Gasteiger partial charge in [0.2, 0.25) is 0 Å². The summed E-state index contributed by atoms with van der Waals surface area (Å²) in [5.74, 6) is 0.842. The second kappa shape index (κ2) is 6.62. The molecular weight excluding hydrogens is 200 g/mol. The Morgan fingerprint density at radius 1 is 1.25 bits per heavy atom. The lowest BCUT2D eigenvalue weighted by Crippen LogP contribution is -1.95. The quantitative estimate of drug-likeness (QED) is 0.557. The fraction of sp³-hybridized carbons (Fsp3) is 0.214. The highest BCUT2D eigenvalue weighted by Gasteiger charge is 1.98. The van der Waals surface area contributed by atoms with Gasteiger partial charge >= 0.3 is 0 Å². The van der Waals surface area contributed by atoms with E-state index in [2.05, 4.69) is 0 Å². The molecule has 0 saturated heterocycles. The van der Waals surface area contributed by atoms with Crippen LogP contribution in [0.15, 0.2) is 48.6 Å². The number of Topliss-reactive ketones (excluding diaryl/α,β-unsaturated/α-hetero) is 1. The average Bonchev–Trinajstić information content (AvgIpc) is 2.29. The Bertz CT molecular complexity index is 386. The van der Waals surface area contributed by atoms with Crippen LogP contribution < -0.4 is 4.74 Å². The number of benzene rings is 1. The predicted molar refractivity (Wildman–Crippen MR) is 65.9 cm³/mol. The van der Waals surface area contributed by atoms with E-state index in [4.69, 9.17) is 4.74 Å². The monoisotopic (exact) mass is 216 g/mol. The summed E-state index contributed by atoms with van der Waals surface area (Å²) in [6.07, 6.45) is 7.77. The first-order chi connectivity index (χ1) is 7.74. The molecule has 1 aromatic rings. The first-order valence-corrected chi connectivity index (χ1v) is 5.25. The van der Waals surface area contributed by atoms with E-state index >= 15 is 0 Å². The maximum atomic E-state index is 11.0. The Labute approximate surface area is 96.2 Å². The number of allylic oxidation sites excluding steroid dienone is 3. The summed E-state index contributed by atoms with van der Waals surface area (Å²) >= 11 is 0. The lowest BCUT2D eigenvalue weighted by Gasteiger charge is -2.03. The molecule has 2 nitrogen and oxygen atoms in total. The molecule has 0 heterocycles. The van der Waals surface area contributed by atoms with Crippen molar-refractivity contribution in [3.8, 4) is 5.75 Å². The molecule has 0 unspecified atom stereocenters. The summed E-state index contributed by atoms with van der Waals surface area (Å²) in [7, 11) is 0. The maximum absolute atomic E-state index is 11.0. The van der Waals surface area contributed by atoms with E-state index in [1.54, 1.807) is 31.2 Å². The molecule has 1 rings (SSSR count). The Kier molecular flexibility index (Phi) is 5.06. The number of hydrogen-bond acceptors (Lipinski definition) is 2. The second-order valence-corrected chi connectivity index (χ2v) is 3.35. The average molecular weight is 216 g/mol. The van der Waals surface area contributed by atoms with Crippen LogP contribution in [0.5, 0.6) is 5.75 Å². The molecule has 84 valence electrons. The van der Waals surface area contributed by atoms with Gasteiger partial charge in [0.25, 0.3) is 0 Å². The summed E-state index contributed by atoms with van der Waals surface area (Å²) in [6, 6.07) is 7.15. The summed E-state index contributed by atoms with van der Waals surface area (Å²) in [5, 5.41) is 0. The number of ether oxygens (including phenoxy) is 1. The molecule has 2 heteroatoms. The van der Waals surface area contributed by atoms with E-state index in [0.717, 1.165) is 5.75 Å². The van der Waals surface area contributed by atoms with Crippen LogP contribution in [-0.4, -0.2) is 12.4 Å². The van der Waals surface area contributed by atoms with Crippen molar-refractivity contribution in [3.05, 3.63) is 54.1 Å². The van der Waals surface area contributed by atoms with Gasteiger partial charge in [-0.3, -0.25) is 4.79 Å². The Morgan fingerprint density at radius 2 is 1.94 bits per heavy atom. The maximum Gasteiger partial charge on any atom is 0.159 e. The molecule has 0 N–H and O–H groups in total. The molecular formula is C14H16O2. The topological polar surface area (TPSA) is 26.3 Å². The van der Waals surface area contributed by atoms with Gasteiger partial charge in [-0.25, -0.2) is 0 Å². The highest BCUT2D eigenvalue weighted by molar-refractivity contribution is 5.94. The van der Waals surface area contributed by atoms with Gasteiger partial charge < -0.3 is 4.74 Å². The number of carbonyl (C=O) groups is 1. The predicted octanol–water partition coefficient (Wildman–Crippen LogP) is 3.40. The summed E-state index contributed by atoms with van der Waals surface area (Å²) < 4.78 is 5.46. The molecule has 0 aromatic heterocycles. The Balaban J connectivity index is 2.46. The van der Waals surface area contributed by atoms with Crippen LogP contribution in [0.25, 0.3) is 0 Å². The molecule has 1 aromatic carbocycles. The van der Waals surface area contributed by atoms with Crippen LogP contribution in [0.2, 0.25) is 0 Å². The summed E-state index contributed by atoms with van der Waals surface area (Å²) in [5.41, 5.74) is 0.705. The zero-order chi connectivity index (χ0) is 11.8. The fourth-order valence-corrected chi connectivity index (χ4v) is 1.18. The molecule has 0 aliphatic carbocycles. The zero-order valence-corrected chi connectivity index (χ0v) is 9.64. The van der Waals surface area contributed by atoms with Crippen molar-refractivity contribution in [2.45, 2.75) is 13.8 Å². The molecule has 0 atom stereocenters. The van der Waals surface area contributed by atoms with Crippen LogP contribution in [0.3, 0.4) is 0 Å². The number of ketones is 1. The molecule has 0 saturated carbocycles. The van der Waals surface area contributed by atoms with Crippen molar-refractivity contribution in [1.82, 2.24) is 0 Å². The van der Waals surface area contributed by atoms with Crippen molar-refractivity contribution >= 4 is 5.78 Å². The lowest BCUT2D eigenvalue weighted by atomic mass is 10.1.